The molecule has 1 N–H and O–H groups in total. The van der Waals surface area contributed by atoms with Gasteiger partial charge >= 0.3 is 0 Å². The lowest BCUT2D eigenvalue weighted by Gasteiger charge is -2.26. The molecule has 0 bridgehead atoms. The SMILES string of the molecule is Cc1ccc(C(NC(=O)CN(c2ccccc2Oc2ccccc2)S(C)(=O)=O)c2ccccc2)cc1. The molecule has 0 heterocycles. The molecule has 0 saturated carbocycles. The minimum atomic E-state index is -3.81. The number of hydrogen-bond acceptors (Lipinski definition) is 4. The number of anilines is 1. The fourth-order valence-electron chi connectivity index (χ4n) is 3.85. The number of aryl methyl sites for hydroxylation is 1. The molecule has 36 heavy (non-hydrogen) atoms. The number of carbonyl (C=O) groups excluding carboxylic acids is 1. The van der Waals surface area contributed by atoms with E-state index in [9.17, 15) is 13.2 Å². The van der Waals surface area contributed by atoms with E-state index >= 15 is 0 Å². The lowest BCUT2D eigenvalue weighted by molar-refractivity contribution is -0.120. The van der Waals surface area contributed by atoms with Gasteiger partial charge in [0, 0.05) is 0 Å². The van der Waals surface area contributed by atoms with Crippen LogP contribution in [-0.4, -0.2) is 27.1 Å². The number of sulfonamides is 1. The van der Waals surface area contributed by atoms with Crippen molar-refractivity contribution in [3.8, 4) is 11.5 Å². The Kier molecular flexibility index (Phi) is 7.71. The van der Waals surface area contributed by atoms with E-state index in [1.54, 1.807) is 36.4 Å². The molecule has 1 unspecified atom stereocenters. The lowest BCUT2D eigenvalue weighted by atomic mass is 9.98. The molecule has 1 amide bonds. The molecule has 0 aliphatic rings. The van der Waals surface area contributed by atoms with Crippen LogP contribution >= 0.6 is 0 Å². The van der Waals surface area contributed by atoms with Crippen LogP contribution in [0.4, 0.5) is 5.69 Å². The highest BCUT2D eigenvalue weighted by Crippen LogP contribution is 2.33. The average molecular weight is 501 g/mol. The molecule has 184 valence electrons. The van der Waals surface area contributed by atoms with Gasteiger partial charge in [0.1, 0.15) is 12.3 Å². The fourth-order valence-corrected chi connectivity index (χ4v) is 4.71. The first-order chi connectivity index (χ1) is 17.3. The third-order valence-corrected chi connectivity index (χ3v) is 6.77. The number of amides is 1. The van der Waals surface area contributed by atoms with E-state index in [-0.39, 0.29) is 5.69 Å². The second-order valence-corrected chi connectivity index (χ2v) is 10.4. The van der Waals surface area contributed by atoms with Gasteiger partial charge < -0.3 is 10.1 Å². The quantitative estimate of drug-likeness (QED) is 0.331. The zero-order chi connectivity index (χ0) is 25.5. The van der Waals surface area contributed by atoms with Gasteiger partial charge in [-0.15, -0.1) is 0 Å². The van der Waals surface area contributed by atoms with Crippen molar-refractivity contribution in [2.45, 2.75) is 13.0 Å². The van der Waals surface area contributed by atoms with Crippen molar-refractivity contribution in [3.63, 3.8) is 0 Å². The van der Waals surface area contributed by atoms with Crippen molar-refractivity contribution >= 4 is 21.6 Å². The molecule has 0 fully saturated rings. The molecule has 6 nitrogen and oxygen atoms in total. The molecule has 0 radical (unpaired) electrons. The minimum absolute atomic E-state index is 0.283. The van der Waals surface area contributed by atoms with E-state index in [2.05, 4.69) is 5.32 Å². The maximum Gasteiger partial charge on any atom is 0.241 e. The van der Waals surface area contributed by atoms with Crippen LogP contribution in [0.2, 0.25) is 0 Å². The Morgan fingerprint density at radius 1 is 0.806 bits per heavy atom. The van der Waals surface area contributed by atoms with Crippen LogP contribution in [0, 0.1) is 6.92 Å². The van der Waals surface area contributed by atoms with Gasteiger partial charge in [0.25, 0.3) is 0 Å². The summed E-state index contributed by atoms with van der Waals surface area (Å²) in [6.45, 7) is 1.60. The summed E-state index contributed by atoms with van der Waals surface area (Å²) in [6, 6.07) is 32.9. The molecule has 0 spiro atoms. The molecule has 7 heteroatoms. The topological polar surface area (TPSA) is 75.7 Å². The van der Waals surface area contributed by atoms with E-state index in [4.69, 9.17) is 4.74 Å². The third-order valence-electron chi connectivity index (χ3n) is 5.64. The first kappa shape index (κ1) is 25.0. The van der Waals surface area contributed by atoms with E-state index < -0.39 is 28.5 Å². The normalized spacial score (nSPS) is 11.9. The van der Waals surface area contributed by atoms with Crippen molar-refractivity contribution in [2.24, 2.45) is 0 Å². The summed E-state index contributed by atoms with van der Waals surface area (Å²) in [4.78, 5) is 13.3. The second-order valence-electron chi connectivity index (χ2n) is 8.47. The van der Waals surface area contributed by atoms with Gasteiger partial charge in [-0.25, -0.2) is 8.42 Å². The summed E-state index contributed by atoms with van der Waals surface area (Å²) in [7, 11) is -3.81. The summed E-state index contributed by atoms with van der Waals surface area (Å²) in [5, 5.41) is 3.02. The zero-order valence-electron chi connectivity index (χ0n) is 20.2. The van der Waals surface area contributed by atoms with Gasteiger partial charge in [-0.2, -0.15) is 0 Å². The molecule has 4 aromatic rings. The van der Waals surface area contributed by atoms with Crippen molar-refractivity contribution in [1.82, 2.24) is 5.32 Å². The van der Waals surface area contributed by atoms with Crippen LogP contribution in [-0.2, 0) is 14.8 Å². The fraction of sp³-hybridized carbons (Fsp3) is 0.138. The highest BCUT2D eigenvalue weighted by atomic mass is 32.2. The van der Waals surface area contributed by atoms with Gasteiger partial charge in [0.05, 0.1) is 18.0 Å². The van der Waals surface area contributed by atoms with Gasteiger partial charge in [0.2, 0.25) is 15.9 Å². The van der Waals surface area contributed by atoms with Gasteiger partial charge in [-0.05, 0) is 42.3 Å². The Bertz CT molecular complexity index is 1410. The van der Waals surface area contributed by atoms with Crippen LogP contribution in [0.3, 0.4) is 0 Å². The molecular formula is C29H28N2O4S. The summed E-state index contributed by atoms with van der Waals surface area (Å²) in [5.74, 6) is 0.454. The molecular weight excluding hydrogens is 472 g/mol. The first-order valence-electron chi connectivity index (χ1n) is 11.5. The molecule has 0 aliphatic carbocycles. The predicted octanol–water partition coefficient (Wildman–Crippen LogP) is 5.46. The Balaban J connectivity index is 1.62. The molecule has 1 atom stereocenters. The molecule has 4 aromatic carbocycles. The maximum atomic E-state index is 13.3. The van der Waals surface area contributed by atoms with E-state index in [1.807, 2.05) is 79.7 Å². The molecule has 0 aliphatic heterocycles. The van der Waals surface area contributed by atoms with Gasteiger partial charge in [-0.3, -0.25) is 9.10 Å². The second kappa shape index (κ2) is 11.1. The van der Waals surface area contributed by atoms with Crippen LogP contribution in [0.15, 0.2) is 109 Å². The van der Waals surface area contributed by atoms with Crippen molar-refractivity contribution in [2.75, 3.05) is 17.1 Å². The standard InChI is InChI=1S/C29H28N2O4S/c1-22-17-19-24(20-18-22)29(23-11-5-3-6-12-23)30-28(32)21-31(36(2,33)34)26-15-9-10-16-27(26)35-25-13-7-4-8-14-25/h3-20,29H,21H2,1-2H3,(H,30,32). The minimum Gasteiger partial charge on any atom is -0.455 e. The Hall–Kier alpha value is -4.10. The van der Waals surface area contributed by atoms with Crippen LogP contribution < -0.4 is 14.4 Å². The van der Waals surface area contributed by atoms with E-state index in [0.29, 0.717) is 11.5 Å². The molecule has 4 rings (SSSR count). The zero-order valence-corrected chi connectivity index (χ0v) is 21.0. The lowest BCUT2D eigenvalue weighted by Crippen LogP contribution is -2.42. The number of benzene rings is 4. The number of ether oxygens (including phenoxy) is 1. The number of carbonyl (C=O) groups is 1. The Labute approximate surface area is 212 Å². The van der Waals surface area contributed by atoms with E-state index in [1.165, 1.54) is 0 Å². The van der Waals surface area contributed by atoms with Crippen molar-refractivity contribution in [3.05, 3.63) is 126 Å². The summed E-state index contributed by atoms with van der Waals surface area (Å²) >= 11 is 0. The van der Waals surface area contributed by atoms with Crippen molar-refractivity contribution in [1.29, 1.82) is 0 Å². The first-order valence-corrected chi connectivity index (χ1v) is 13.4. The number of para-hydroxylation sites is 3. The third kappa shape index (κ3) is 6.31. The predicted molar refractivity (Wildman–Crippen MR) is 143 cm³/mol. The molecule has 0 saturated heterocycles. The maximum absolute atomic E-state index is 13.3. The molecule has 0 aromatic heterocycles. The van der Waals surface area contributed by atoms with Crippen molar-refractivity contribution < 1.29 is 17.9 Å². The van der Waals surface area contributed by atoms with Gasteiger partial charge in [0.15, 0.2) is 5.75 Å². The number of rotatable bonds is 9. The highest BCUT2D eigenvalue weighted by molar-refractivity contribution is 7.92. The number of nitrogens with zero attached hydrogens (tertiary/aromatic N) is 1. The Morgan fingerprint density at radius 2 is 1.36 bits per heavy atom. The van der Waals surface area contributed by atoms with Crippen LogP contribution in [0.25, 0.3) is 0 Å². The summed E-state index contributed by atoms with van der Waals surface area (Å²) in [5.41, 5.74) is 3.19. The average Bonchev–Trinajstić information content (AvgIpc) is 2.87. The highest BCUT2D eigenvalue weighted by Gasteiger charge is 2.26. The van der Waals surface area contributed by atoms with Crippen LogP contribution in [0.1, 0.15) is 22.7 Å². The number of nitrogens with one attached hydrogen (secondary N) is 1. The largest absolute Gasteiger partial charge is 0.455 e. The van der Waals surface area contributed by atoms with E-state index in [0.717, 1.165) is 27.3 Å². The smallest absolute Gasteiger partial charge is 0.241 e. The Morgan fingerprint density at radius 3 is 2.00 bits per heavy atom. The monoisotopic (exact) mass is 500 g/mol. The van der Waals surface area contributed by atoms with Gasteiger partial charge in [-0.1, -0.05) is 90.5 Å². The van der Waals surface area contributed by atoms with Crippen LogP contribution in [0.5, 0.6) is 11.5 Å². The summed E-state index contributed by atoms with van der Waals surface area (Å²) < 4.78 is 32.7. The summed E-state index contributed by atoms with van der Waals surface area (Å²) in [6.07, 6.45) is 1.08. The number of hydrogen-bond donors (Lipinski definition) is 1.